The largest absolute Gasteiger partial charge is 0.508 e. The molecule has 5 amide bonds. The summed E-state index contributed by atoms with van der Waals surface area (Å²) >= 11 is 0. The SMILES string of the molecule is CCC(C)CC(NC(=O)C1CCCN1C(=O)C(NC(=O)NC1(Cc2ccccc2O)CCCCC1)C(C)(C)C)C(=O)C(N)=O. The first-order valence-electron chi connectivity index (χ1n) is 16.0. The molecule has 11 nitrogen and oxygen atoms in total. The van der Waals surface area contributed by atoms with E-state index in [1.807, 2.05) is 46.8 Å². The average Bonchev–Trinajstić information content (AvgIpc) is 3.46. The van der Waals surface area contributed by atoms with Gasteiger partial charge in [-0.1, -0.05) is 78.5 Å². The third-order valence-electron chi connectivity index (χ3n) is 9.15. The van der Waals surface area contributed by atoms with Gasteiger partial charge in [0.15, 0.2) is 0 Å². The molecule has 11 heteroatoms. The minimum absolute atomic E-state index is 0.0659. The normalized spacial score (nSPS) is 20.2. The van der Waals surface area contributed by atoms with Crippen LogP contribution in [0, 0.1) is 11.3 Å². The number of primary amides is 1. The second-order valence-electron chi connectivity index (χ2n) is 13.8. The van der Waals surface area contributed by atoms with E-state index in [-0.39, 0.29) is 24.0 Å². The van der Waals surface area contributed by atoms with E-state index in [1.165, 1.54) is 4.90 Å². The Bertz CT molecular complexity index is 1210. The van der Waals surface area contributed by atoms with E-state index >= 15 is 0 Å². The molecule has 6 N–H and O–H groups in total. The molecule has 0 radical (unpaired) electrons. The Morgan fingerprint density at radius 3 is 2.30 bits per heavy atom. The van der Waals surface area contributed by atoms with Crippen molar-refractivity contribution in [1.29, 1.82) is 0 Å². The molecule has 1 aliphatic heterocycles. The van der Waals surface area contributed by atoms with E-state index in [1.54, 1.807) is 12.1 Å². The van der Waals surface area contributed by atoms with Crippen molar-refractivity contribution in [3.63, 3.8) is 0 Å². The van der Waals surface area contributed by atoms with Crippen molar-refractivity contribution in [1.82, 2.24) is 20.9 Å². The number of nitrogens with zero attached hydrogens (tertiary/aromatic N) is 1. The lowest BCUT2D eigenvalue weighted by molar-refractivity contribution is -0.143. The van der Waals surface area contributed by atoms with E-state index in [2.05, 4.69) is 16.0 Å². The number of benzene rings is 1. The van der Waals surface area contributed by atoms with Crippen molar-refractivity contribution in [2.24, 2.45) is 17.1 Å². The van der Waals surface area contributed by atoms with Crippen LogP contribution in [-0.4, -0.2) is 69.8 Å². The highest BCUT2D eigenvalue weighted by Crippen LogP contribution is 2.34. The van der Waals surface area contributed by atoms with Crippen molar-refractivity contribution < 1.29 is 29.1 Å². The van der Waals surface area contributed by atoms with E-state index in [9.17, 15) is 29.1 Å². The van der Waals surface area contributed by atoms with Gasteiger partial charge >= 0.3 is 6.03 Å². The minimum Gasteiger partial charge on any atom is -0.508 e. The van der Waals surface area contributed by atoms with Gasteiger partial charge < -0.3 is 31.7 Å². The monoisotopic (exact) mass is 613 g/mol. The molecule has 0 bridgehead atoms. The summed E-state index contributed by atoms with van der Waals surface area (Å²) in [5.74, 6) is -2.62. The lowest BCUT2D eigenvalue weighted by Gasteiger charge is -2.40. The van der Waals surface area contributed by atoms with E-state index < -0.39 is 52.7 Å². The second kappa shape index (κ2) is 14.9. The van der Waals surface area contributed by atoms with E-state index in [0.29, 0.717) is 25.8 Å². The van der Waals surface area contributed by atoms with Crippen molar-refractivity contribution in [2.45, 2.75) is 122 Å². The number of urea groups is 1. The van der Waals surface area contributed by atoms with Gasteiger partial charge in [0.1, 0.15) is 17.8 Å². The summed E-state index contributed by atoms with van der Waals surface area (Å²) in [5, 5.41) is 19.2. The highest BCUT2D eigenvalue weighted by molar-refractivity contribution is 6.37. The Labute approximate surface area is 261 Å². The number of carbonyl (C=O) groups is 5. The molecule has 1 saturated heterocycles. The van der Waals surface area contributed by atoms with Gasteiger partial charge in [0.05, 0.1) is 6.04 Å². The van der Waals surface area contributed by atoms with Crippen molar-refractivity contribution in [2.75, 3.05) is 6.54 Å². The average molecular weight is 614 g/mol. The molecule has 3 rings (SSSR count). The molecule has 2 aliphatic rings. The number of amides is 5. The Kier molecular flexibility index (Phi) is 11.8. The van der Waals surface area contributed by atoms with Gasteiger partial charge in [-0.2, -0.15) is 0 Å². The zero-order chi connectivity index (χ0) is 32.7. The maximum Gasteiger partial charge on any atom is 0.315 e. The molecule has 244 valence electrons. The van der Waals surface area contributed by atoms with Crippen LogP contribution in [0.2, 0.25) is 0 Å². The number of nitrogens with one attached hydrogen (secondary N) is 3. The number of phenolic OH excluding ortho intramolecular Hbond substituents is 1. The summed E-state index contributed by atoms with van der Waals surface area (Å²) in [4.78, 5) is 66.7. The minimum atomic E-state index is -1.11. The number of Topliss-reactive ketones (excluding diaryl/α,β-unsaturated/α-hetero) is 1. The Balaban J connectivity index is 1.77. The number of para-hydroxylation sites is 1. The number of rotatable bonds is 12. The van der Waals surface area contributed by atoms with E-state index in [4.69, 9.17) is 5.73 Å². The maximum absolute atomic E-state index is 14.0. The molecule has 44 heavy (non-hydrogen) atoms. The standard InChI is InChI=1S/C33H51N5O6/c1-6-21(2)19-23(26(40)28(34)41)35-29(42)24-14-12-18-38(24)30(43)27(32(3,4)5)36-31(44)37-33(16-10-7-11-17-33)20-22-13-8-9-15-25(22)39/h8-9,13,15,21,23-24,27,39H,6-7,10-12,14,16-20H2,1-5H3,(H2,34,41)(H,35,42)(H2,36,37,44). The first-order chi connectivity index (χ1) is 20.7. The molecular formula is C33H51N5O6. The predicted octanol–water partition coefficient (Wildman–Crippen LogP) is 3.32. The number of hydrogen-bond donors (Lipinski definition) is 5. The second-order valence-corrected chi connectivity index (χ2v) is 13.8. The van der Waals surface area contributed by atoms with Gasteiger partial charge in [0.25, 0.3) is 5.91 Å². The summed E-state index contributed by atoms with van der Waals surface area (Å²) in [6, 6.07) is 3.79. The molecule has 4 unspecified atom stereocenters. The van der Waals surface area contributed by atoms with Crippen LogP contribution in [0.5, 0.6) is 5.75 Å². The summed E-state index contributed by atoms with van der Waals surface area (Å²) in [6.45, 7) is 9.76. The molecule has 1 aliphatic carbocycles. The van der Waals surface area contributed by atoms with Crippen LogP contribution in [0.3, 0.4) is 0 Å². The van der Waals surface area contributed by atoms with Gasteiger partial charge in [-0.15, -0.1) is 0 Å². The molecule has 0 aromatic heterocycles. The smallest absolute Gasteiger partial charge is 0.315 e. The summed E-state index contributed by atoms with van der Waals surface area (Å²) in [7, 11) is 0. The Hall–Kier alpha value is -3.63. The van der Waals surface area contributed by atoms with Gasteiger partial charge in [0.2, 0.25) is 17.6 Å². The topological polar surface area (TPSA) is 171 Å². The maximum atomic E-state index is 14.0. The number of ketones is 1. The van der Waals surface area contributed by atoms with Crippen LogP contribution in [0.25, 0.3) is 0 Å². The molecule has 0 spiro atoms. The molecule has 1 aromatic rings. The van der Waals surface area contributed by atoms with Crippen LogP contribution in [0.15, 0.2) is 24.3 Å². The molecular weight excluding hydrogens is 562 g/mol. The van der Waals surface area contributed by atoms with Gasteiger partial charge in [0, 0.05) is 12.1 Å². The van der Waals surface area contributed by atoms with E-state index in [0.717, 1.165) is 44.1 Å². The number of hydrogen-bond acceptors (Lipinski definition) is 6. The molecule has 4 atom stereocenters. The molecule has 1 saturated carbocycles. The van der Waals surface area contributed by atoms with Crippen LogP contribution in [0.1, 0.15) is 98.0 Å². The van der Waals surface area contributed by atoms with Gasteiger partial charge in [-0.05, 0) is 61.5 Å². The lowest BCUT2D eigenvalue weighted by atomic mass is 9.77. The van der Waals surface area contributed by atoms with Crippen LogP contribution in [-0.2, 0) is 25.6 Å². The fraction of sp³-hybridized carbons (Fsp3) is 0.667. The fourth-order valence-corrected chi connectivity index (χ4v) is 6.37. The van der Waals surface area contributed by atoms with Crippen LogP contribution in [0.4, 0.5) is 4.79 Å². The number of phenols is 1. The highest BCUT2D eigenvalue weighted by Gasteiger charge is 2.44. The summed E-state index contributed by atoms with van der Waals surface area (Å²) in [5.41, 5.74) is 4.76. The first kappa shape index (κ1) is 34.9. The van der Waals surface area contributed by atoms with Crippen molar-refractivity contribution in [3.8, 4) is 5.75 Å². The molecule has 1 aromatic carbocycles. The number of likely N-dealkylation sites (tertiary alicyclic amines) is 1. The number of carbonyl (C=O) groups excluding carboxylic acids is 5. The van der Waals surface area contributed by atoms with Crippen molar-refractivity contribution >= 4 is 29.5 Å². The summed E-state index contributed by atoms with van der Waals surface area (Å²) in [6.07, 6.45) is 6.90. The number of nitrogens with two attached hydrogens (primary N) is 1. The van der Waals surface area contributed by atoms with Crippen molar-refractivity contribution in [3.05, 3.63) is 29.8 Å². The molecule has 1 heterocycles. The lowest BCUT2D eigenvalue weighted by Crippen LogP contribution is -2.62. The third kappa shape index (κ3) is 8.95. The fourth-order valence-electron chi connectivity index (χ4n) is 6.37. The van der Waals surface area contributed by atoms with Gasteiger partial charge in [-0.25, -0.2) is 4.79 Å². The molecule has 2 fully saturated rings. The zero-order valence-electron chi connectivity index (χ0n) is 26.9. The third-order valence-corrected chi connectivity index (χ3v) is 9.15. The Morgan fingerprint density at radius 1 is 1.05 bits per heavy atom. The highest BCUT2D eigenvalue weighted by atomic mass is 16.3. The first-order valence-corrected chi connectivity index (χ1v) is 16.0. The summed E-state index contributed by atoms with van der Waals surface area (Å²) < 4.78 is 0. The van der Waals surface area contributed by atoms with Gasteiger partial charge in [-0.3, -0.25) is 19.2 Å². The predicted molar refractivity (Wildman–Crippen MR) is 167 cm³/mol. The number of aromatic hydroxyl groups is 1. The van der Waals surface area contributed by atoms with Crippen LogP contribution >= 0.6 is 0 Å². The Morgan fingerprint density at radius 2 is 1.70 bits per heavy atom. The quantitative estimate of drug-likeness (QED) is 0.226. The van der Waals surface area contributed by atoms with Crippen LogP contribution < -0.4 is 21.7 Å². The zero-order valence-corrected chi connectivity index (χ0v) is 26.9.